The van der Waals surface area contributed by atoms with Crippen LogP contribution in [0.4, 0.5) is 0 Å². The lowest BCUT2D eigenvalue weighted by Gasteiger charge is -2.49. The van der Waals surface area contributed by atoms with E-state index >= 15 is 0 Å². The molecule has 0 spiro atoms. The fourth-order valence-electron chi connectivity index (χ4n) is 3.50. The van der Waals surface area contributed by atoms with Crippen LogP contribution in [0.1, 0.15) is 73.1 Å². The molecule has 1 aliphatic rings. The smallest absolute Gasteiger partial charge is 0.0773 e. The van der Waals surface area contributed by atoms with Gasteiger partial charge < -0.3 is 9.84 Å². The van der Waals surface area contributed by atoms with Crippen molar-refractivity contribution >= 4 is 0 Å². The average molecular weight is 256 g/mol. The van der Waals surface area contributed by atoms with Gasteiger partial charge in [-0.15, -0.1) is 0 Å². The summed E-state index contributed by atoms with van der Waals surface area (Å²) in [5, 5.41) is 9.93. The Morgan fingerprint density at radius 3 is 2.22 bits per heavy atom. The molecule has 0 saturated heterocycles. The first kappa shape index (κ1) is 16.0. The van der Waals surface area contributed by atoms with Crippen LogP contribution in [0.5, 0.6) is 0 Å². The van der Waals surface area contributed by atoms with Gasteiger partial charge in [0.15, 0.2) is 0 Å². The Morgan fingerprint density at radius 1 is 1.17 bits per heavy atom. The highest BCUT2D eigenvalue weighted by molar-refractivity contribution is 4.94. The van der Waals surface area contributed by atoms with E-state index in [-0.39, 0.29) is 23.0 Å². The molecule has 0 radical (unpaired) electrons. The topological polar surface area (TPSA) is 29.5 Å². The van der Waals surface area contributed by atoms with Gasteiger partial charge in [0.1, 0.15) is 0 Å². The summed E-state index contributed by atoms with van der Waals surface area (Å²) in [6.07, 6.45) is 6.80. The van der Waals surface area contributed by atoms with E-state index in [1.807, 2.05) is 0 Å². The summed E-state index contributed by atoms with van der Waals surface area (Å²) < 4.78 is 6.12. The number of aliphatic hydroxyl groups is 1. The Morgan fingerprint density at radius 2 is 1.72 bits per heavy atom. The van der Waals surface area contributed by atoms with Crippen LogP contribution in [-0.4, -0.2) is 23.9 Å². The zero-order chi connectivity index (χ0) is 13.8. The Kier molecular flexibility index (Phi) is 5.67. The fraction of sp³-hybridized carbons (Fsp3) is 1.00. The van der Waals surface area contributed by atoms with Crippen molar-refractivity contribution in [3.8, 4) is 0 Å². The lowest BCUT2D eigenvalue weighted by Crippen LogP contribution is -2.47. The van der Waals surface area contributed by atoms with E-state index in [0.717, 1.165) is 19.3 Å². The third-order valence-corrected chi connectivity index (χ3v) is 4.41. The number of unbranched alkanes of at least 4 members (excludes halogenated alkanes) is 1. The Hall–Kier alpha value is -0.0800. The Bertz CT molecular complexity index is 229. The van der Waals surface area contributed by atoms with Crippen LogP contribution in [0.3, 0.4) is 0 Å². The van der Waals surface area contributed by atoms with Crippen LogP contribution in [0.15, 0.2) is 0 Å². The highest BCUT2D eigenvalue weighted by atomic mass is 16.5. The van der Waals surface area contributed by atoms with E-state index in [4.69, 9.17) is 4.74 Å². The van der Waals surface area contributed by atoms with Gasteiger partial charge in [-0.2, -0.15) is 0 Å². The highest BCUT2D eigenvalue weighted by Gasteiger charge is 2.44. The van der Waals surface area contributed by atoms with Crippen LogP contribution < -0.4 is 0 Å². The maximum Gasteiger partial charge on any atom is 0.0773 e. The minimum absolute atomic E-state index is 0.228. The van der Waals surface area contributed by atoms with Crippen molar-refractivity contribution in [2.45, 2.75) is 85.4 Å². The lowest BCUT2D eigenvalue weighted by atomic mass is 9.63. The molecule has 1 N–H and O–H groups in total. The van der Waals surface area contributed by atoms with Crippen molar-refractivity contribution in [3.63, 3.8) is 0 Å². The molecule has 2 heteroatoms. The molecular weight excluding hydrogens is 224 g/mol. The quantitative estimate of drug-likeness (QED) is 0.773. The summed E-state index contributed by atoms with van der Waals surface area (Å²) in [7, 11) is 0. The van der Waals surface area contributed by atoms with Gasteiger partial charge in [0, 0.05) is 0 Å². The molecule has 1 unspecified atom stereocenters. The molecule has 1 fully saturated rings. The van der Waals surface area contributed by atoms with Gasteiger partial charge in [-0.3, -0.25) is 0 Å². The Labute approximate surface area is 113 Å². The highest BCUT2D eigenvalue weighted by Crippen LogP contribution is 2.47. The van der Waals surface area contributed by atoms with Crippen molar-refractivity contribution in [1.82, 2.24) is 0 Å². The zero-order valence-electron chi connectivity index (χ0n) is 13.0. The van der Waals surface area contributed by atoms with Crippen LogP contribution in [0.2, 0.25) is 0 Å². The fourth-order valence-corrected chi connectivity index (χ4v) is 3.50. The SMILES string of the molecule is CCCCC(O)COC1C(C)(C)CCCC1(C)C. The van der Waals surface area contributed by atoms with Crippen molar-refractivity contribution in [3.05, 3.63) is 0 Å². The van der Waals surface area contributed by atoms with Gasteiger partial charge >= 0.3 is 0 Å². The zero-order valence-corrected chi connectivity index (χ0v) is 13.0. The second-order valence-corrected chi connectivity index (χ2v) is 7.34. The molecule has 2 nitrogen and oxygen atoms in total. The third kappa shape index (κ3) is 4.24. The molecule has 1 saturated carbocycles. The van der Waals surface area contributed by atoms with Crippen LogP contribution in [0.25, 0.3) is 0 Å². The van der Waals surface area contributed by atoms with E-state index in [9.17, 15) is 5.11 Å². The molecule has 1 aliphatic carbocycles. The van der Waals surface area contributed by atoms with E-state index in [1.54, 1.807) is 0 Å². The molecule has 0 aromatic carbocycles. The first-order valence-corrected chi connectivity index (χ1v) is 7.59. The molecule has 0 heterocycles. The molecule has 1 rings (SSSR count). The molecule has 0 aliphatic heterocycles. The van der Waals surface area contributed by atoms with Gasteiger partial charge in [0.2, 0.25) is 0 Å². The second-order valence-electron chi connectivity index (χ2n) is 7.34. The lowest BCUT2D eigenvalue weighted by molar-refractivity contribution is -0.138. The van der Waals surface area contributed by atoms with Crippen LogP contribution in [0, 0.1) is 10.8 Å². The maximum absolute atomic E-state index is 9.93. The van der Waals surface area contributed by atoms with Crippen LogP contribution >= 0.6 is 0 Å². The predicted molar refractivity (Wildman–Crippen MR) is 76.7 cm³/mol. The minimum atomic E-state index is -0.293. The van der Waals surface area contributed by atoms with E-state index < -0.39 is 0 Å². The summed E-state index contributed by atoms with van der Waals surface area (Å²) in [5.41, 5.74) is 0.457. The standard InChI is InChI=1S/C16H32O2/c1-6-7-9-13(17)12-18-14-15(2,3)10-8-11-16(14,4)5/h13-14,17H,6-12H2,1-5H3. The first-order valence-electron chi connectivity index (χ1n) is 7.59. The predicted octanol–water partition coefficient (Wildman–Crippen LogP) is 4.16. The van der Waals surface area contributed by atoms with E-state index in [0.29, 0.717) is 6.61 Å². The monoisotopic (exact) mass is 256 g/mol. The molecule has 0 aromatic heterocycles. The average Bonchev–Trinajstić information content (AvgIpc) is 2.23. The number of hydrogen-bond donors (Lipinski definition) is 1. The molecule has 0 aromatic rings. The summed E-state index contributed by atoms with van der Waals surface area (Å²) in [6, 6.07) is 0. The largest absolute Gasteiger partial charge is 0.391 e. The molecule has 108 valence electrons. The summed E-state index contributed by atoms with van der Waals surface area (Å²) in [6.45, 7) is 11.9. The summed E-state index contributed by atoms with van der Waals surface area (Å²) >= 11 is 0. The molecular formula is C16H32O2. The van der Waals surface area contributed by atoms with Gasteiger partial charge in [-0.05, 0) is 30.1 Å². The summed E-state index contributed by atoms with van der Waals surface area (Å²) in [4.78, 5) is 0. The summed E-state index contributed by atoms with van der Waals surface area (Å²) in [5.74, 6) is 0. The molecule has 18 heavy (non-hydrogen) atoms. The van der Waals surface area contributed by atoms with Crippen molar-refractivity contribution in [2.75, 3.05) is 6.61 Å². The first-order chi connectivity index (χ1) is 8.29. The van der Waals surface area contributed by atoms with Crippen LogP contribution in [-0.2, 0) is 4.74 Å². The van der Waals surface area contributed by atoms with Gasteiger partial charge in [-0.25, -0.2) is 0 Å². The second kappa shape index (κ2) is 6.38. The van der Waals surface area contributed by atoms with Gasteiger partial charge in [0.05, 0.1) is 18.8 Å². The number of aliphatic hydroxyl groups excluding tert-OH is 1. The maximum atomic E-state index is 9.93. The number of ether oxygens (including phenoxy) is 1. The number of rotatable bonds is 6. The van der Waals surface area contributed by atoms with Crippen molar-refractivity contribution < 1.29 is 9.84 Å². The normalized spacial score (nSPS) is 25.0. The molecule has 0 bridgehead atoms. The van der Waals surface area contributed by atoms with E-state index in [1.165, 1.54) is 19.3 Å². The molecule has 1 atom stereocenters. The Balaban J connectivity index is 2.51. The van der Waals surface area contributed by atoms with Crippen molar-refractivity contribution in [2.24, 2.45) is 10.8 Å². The van der Waals surface area contributed by atoms with E-state index in [2.05, 4.69) is 34.6 Å². The van der Waals surface area contributed by atoms with Crippen molar-refractivity contribution in [1.29, 1.82) is 0 Å². The molecule has 0 amide bonds. The minimum Gasteiger partial charge on any atom is -0.391 e. The third-order valence-electron chi connectivity index (χ3n) is 4.41. The van der Waals surface area contributed by atoms with Gasteiger partial charge in [-0.1, -0.05) is 53.9 Å². The van der Waals surface area contributed by atoms with Gasteiger partial charge in [0.25, 0.3) is 0 Å². The number of hydrogen-bond acceptors (Lipinski definition) is 2.